The molecule has 0 aliphatic carbocycles. The summed E-state index contributed by atoms with van der Waals surface area (Å²) in [6.07, 6.45) is 0. The first-order valence-corrected chi connectivity index (χ1v) is 11.6. The molecule has 0 aliphatic heterocycles. The highest BCUT2D eigenvalue weighted by molar-refractivity contribution is 7.80. The van der Waals surface area contributed by atoms with Crippen LogP contribution in [0.2, 0.25) is 0 Å². The Morgan fingerprint density at radius 2 is 1.36 bits per heavy atom. The van der Waals surface area contributed by atoms with Gasteiger partial charge in [0.2, 0.25) is 0 Å². The molecule has 0 unspecified atom stereocenters. The number of thiocarbonyl (C=S) groups is 1. The van der Waals surface area contributed by atoms with Crippen LogP contribution < -0.4 is 5.32 Å². The van der Waals surface area contributed by atoms with Gasteiger partial charge in [-0.1, -0.05) is 84.9 Å². The summed E-state index contributed by atoms with van der Waals surface area (Å²) in [5.74, 6) is 0. The first-order valence-electron chi connectivity index (χ1n) is 11.2. The van der Waals surface area contributed by atoms with E-state index in [1.54, 1.807) is 0 Å². The summed E-state index contributed by atoms with van der Waals surface area (Å²) in [6.45, 7) is 8.48. The molecule has 0 bridgehead atoms. The van der Waals surface area contributed by atoms with Gasteiger partial charge in [0.15, 0.2) is 5.11 Å². The van der Waals surface area contributed by atoms with Crippen LogP contribution in [0.25, 0.3) is 0 Å². The fourth-order valence-electron chi connectivity index (χ4n) is 3.97. The van der Waals surface area contributed by atoms with Crippen molar-refractivity contribution in [3.8, 4) is 0 Å². The van der Waals surface area contributed by atoms with Crippen LogP contribution in [0.5, 0.6) is 0 Å². The van der Waals surface area contributed by atoms with Crippen LogP contribution in [0, 0.1) is 20.8 Å². The van der Waals surface area contributed by atoms with Gasteiger partial charge >= 0.3 is 0 Å². The first-order chi connectivity index (χ1) is 16.0. The number of hydrogen-bond acceptors (Lipinski definition) is 2. The third-order valence-corrected chi connectivity index (χ3v) is 6.27. The van der Waals surface area contributed by atoms with Crippen LogP contribution in [0.1, 0.15) is 33.6 Å². The molecule has 1 heterocycles. The van der Waals surface area contributed by atoms with Gasteiger partial charge in [0, 0.05) is 13.1 Å². The van der Waals surface area contributed by atoms with Crippen molar-refractivity contribution in [1.82, 2.24) is 14.7 Å². The Labute approximate surface area is 201 Å². The molecule has 0 saturated carbocycles. The smallest absolute Gasteiger partial charge is 0.174 e. The minimum atomic E-state index is 0.698. The van der Waals surface area contributed by atoms with E-state index in [0.717, 1.165) is 36.7 Å². The SMILES string of the molecule is Cc1ccccc1Cn1nc(C)c(NC(=S)N(Cc2ccccc2)Cc2ccccc2)c1C. The van der Waals surface area contributed by atoms with Crippen LogP contribution in [0.3, 0.4) is 0 Å². The summed E-state index contributed by atoms with van der Waals surface area (Å²) < 4.78 is 2.06. The maximum Gasteiger partial charge on any atom is 0.174 e. The van der Waals surface area contributed by atoms with Crippen LogP contribution in [-0.2, 0) is 19.6 Å². The van der Waals surface area contributed by atoms with Crippen LogP contribution in [0.4, 0.5) is 5.69 Å². The predicted octanol–water partition coefficient (Wildman–Crippen LogP) is 6.26. The maximum atomic E-state index is 5.91. The van der Waals surface area contributed by atoms with Gasteiger partial charge in [0.1, 0.15) is 0 Å². The third kappa shape index (κ3) is 5.68. The van der Waals surface area contributed by atoms with Crippen molar-refractivity contribution in [2.24, 2.45) is 0 Å². The zero-order valence-corrected chi connectivity index (χ0v) is 20.3. The topological polar surface area (TPSA) is 33.1 Å². The van der Waals surface area contributed by atoms with E-state index in [-0.39, 0.29) is 0 Å². The standard InChI is InChI=1S/C28H30N4S/c1-21-12-10-11-17-26(21)20-32-23(3)27(22(2)30-32)29-28(33)31(18-24-13-6-4-7-14-24)19-25-15-8-5-9-16-25/h4-17H,18-20H2,1-3H3,(H,29,33). The molecule has 4 aromatic rings. The monoisotopic (exact) mass is 454 g/mol. The summed E-state index contributed by atoms with van der Waals surface area (Å²) >= 11 is 5.91. The minimum absolute atomic E-state index is 0.698. The number of anilines is 1. The average molecular weight is 455 g/mol. The number of aromatic nitrogens is 2. The zero-order valence-electron chi connectivity index (χ0n) is 19.5. The maximum absolute atomic E-state index is 5.91. The van der Waals surface area contributed by atoms with E-state index in [1.165, 1.54) is 22.3 Å². The molecule has 1 N–H and O–H groups in total. The van der Waals surface area contributed by atoms with Gasteiger partial charge in [-0.3, -0.25) is 4.68 Å². The van der Waals surface area contributed by atoms with Gasteiger partial charge in [-0.2, -0.15) is 5.10 Å². The van der Waals surface area contributed by atoms with E-state index in [2.05, 4.69) is 102 Å². The van der Waals surface area contributed by atoms with Crippen molar-refractivity contribution < 1.29 is 0 Å². The molecular weight excluding hydrogens is 424 g/mol. The van der Waals surface area contributed by atoms with Crippen LogP contribution in [0.15, 0.2) is 84.9 Å². The van der Waals surface area contributed by atoms with Crippen LogP contribution >= 0.6 is 12.2 Å². The molecule has 0 fully saturated rings. The number of rotatable bonds is 7. The van der Waals surface area contributed by atoms with Gasteiger partial charge in [0.05, 0.1) is 23.6 Å². The zero-order chi connectivity index (χ0) is 23.2. The Balaban J connectivity index is 1.56. The third-order valence-electron chi connectivity index (χ3n) is 5.91. The summed E-state index contributed by atoms with van der Waals surface area (Å²) in [6, 6.07) is 29.3. The first kappa shape index (κ1) is 22.7. The number of aryl methyl sites for hydroxylation is 2. The van der Waals surface area contributed by atoms with Gasteiger partial charge in [-0.05, 0) is 55.2 Å². The second-order valence-electron chi connectivity index (χ2n) is 8.39. The van der Waals surface area contributed by atoms with Crippen LogP contribution in [-0.4, -0.2) is 19.8 Å². The van der Waals surface area contributed by atoms with E-state index in [1.807, 2.05) is 19.1 Å². The molecule has 0 spiro atoms. The van der Waals surface area contributed by atoms with E-state index >= 15 is 0 Å². The van der Waals surface area contributed by atoms with Gasteiger partial charge in [-0.15, -0.1) is 0 Å². The van der Waals surface area contributed by atoms with Crippen molar-refractivity contribution in [3.05, 3.63) is 119 Å². The fraction of sp³-hybridized carbons (Fsp3) is 0.214. The second kappa shape index (κ2) is 10.5. The van der Waals surface area contributed by atoms with Crippen molar-refractivity contribution >= 4 is 23.0 Å². The Bertz CT molecular complexity index is 1170. The number of benzene rings is 3. The number of hydrogen-bond donors (Lipinski definition) is 1. The molecule has 4 rings (SSSR count). The van der Waals surface area contributed by atoms with Gasteiger partial charge < -0.3 is 10.2 Å². The lowest BCUT2D eigenvalue weighted by Gasteiger charge is -2.26. The second-order valence-corrected chi connectivity index (χ2v) is 8.77. The molecule has 1 aromatic heterocycles. The van der Waals surface area contributed by atoms with Crippen molar-refractivity contribution in [1.29, 1.82) is 0 Å². The summed E-state index contributed by atoms with van der Waals surface area (Å²) in [5, 5.41) is 9.02. The summed E-state index contributed by atoms with van der Waals surface area (Å²) in [4.78, 5) is 2.21. The van der Waals surface area contributed by atoms with E-state index in [0.29, 0.717) is 5.11 Å². The molecule has 0 amide bonds. The highest BCUT2D eigenvalue weighted by atomic mass is 32.1. The summed E-state index contributed by atoms with van der Waals surface area (Å²) in [5.41, 5.74) is 8.00. The molecule has 168 valence electrons. The van der Waals surface area contributed by atoms with Gasteiger partial charge in [-0.25, -0.2) is 0 Å². The van der Waals surface area contributed by atoms with E-state index < -0.39 is 0 Å². The average Bonchev–Trinajstić information content (AvgIpc) is 3.09. The van der Waals surface area contributed by atoms with Crippen molar-refractivity contribution in [2.45, 2.75) is 40.4 Å². The number of nitrogens with one attached hydrogen (secondary N) is 1. The Morgan fingerprint density at radius 3 is 1.94 bits per heavy atom. The molecule has 33 heavy (non-hydrogen) atoms. The Morgan fingerprint density at radius 1 is 0.818 bits per heavy atom. The van der Waals surface area contributed by atoms with E-state index in [4.69, 9.17) is 17.3 Å². The lowest BCUT2D eigenvalue weighted by atomic mass is 10.1. The van der Waals surface area contributed by atoms with Gasteiger partial charge in [0.25, 0.3) is 0 Å². The minimum Gasteiger partial charge on any atom is -0.340 e. The molecule has 0 saturated heterocycles. The molecule has 3 aromatic carbocycles. The predicted molar refractivity (Wildman–Crippen MR) is 140 cm³/mol. The highest BCUT2D eigenvalue weighted by Crippen LogP contribution is 2.23. The normalized spacial score (nSPS) is 10.8. The van der Waals surface area contributed by atoms with E-state index in [9.17, 15) is 0 Å². The molecule has 0 aliphatic rings. The Hall–Kier alpha value is -3.44. The number of nitrogens with zero attached hydrogens (tertiary/aromatic N) is 3. The Kier molecular flexibility index (Phi) is 7.20. The molecule has 4 nitrogen and oxygen atoms in total. The lowest BCUT2D eigenvalue weighted by Crippen LogP contribution is -2.34. The summed E-state index contributed by atoms with van der Waals surface area (Å²) in [7, 11) is 0. The quantitative estimate of drug-likeness (QED) is 0.334. The molecule has 5 heteroatoms. The largest absolute Gasteiger partial charge is 0.340 e. The molecule has 0 radical (unpaired) electrons. The molecular formula is C28H30N4S. The lowest BCUT2D eigenvalue weighted by molar-refractivity contribution is 0.413. The molecule has 0 atom stereocenters. The van der Waals surface area contributed by atoms with Crippen molar-refractivity contribution in [2.75, 3.05) is 5.32 Å². The highest BCUT2D eigenvalue weighted by Gasteiger charge is 2.17. The fourth-order valence-corrected chi connectivity index (χ4v) is 4.20. The van der Waals surface area contributed by atoms with Crippen molar-refractivity contribution in [3.63, 3.8) is 0 Å².